The Labute approximate surface area is 191 Å². The molecule has 0 amide bonds. The summed E-state index contributed by atoms with van der Waals surface area (Å²) in [5.74, 6) is 0. The second-order valence-corrected chi connectivity index (χ2v) is 11.5. The molecule has 4 rings (SSSR count). The van der Waals surface area contributed by atoms with Gasteiger partial charge in [-0.2, -0.15) is 0 Å². The highest BCUT2D eigenvalue weighted by Gasteiger charge is 2.51. The maximum absolute atomic E-state index is 13.3. The van der Waals surface area contributed by atoms with Gasteiger partial charge in [-0.25, -0.2) is 13.1 Å². The van der Waals surface area contributed by atoms with Crippen molar-refractivity contribution in [2.24, 2.45) is 0 Å². The third-order valence-electron chi connectivity index (χ3n) is 7.11. The molecule has 8 nitrogen and oxygen atoms in total. The summed E-state index contributed by atoms with van der Waals surface area (Å²) in [7, 11) is -4.17. The lowest BCUT2D eigenvalue weighted by molar-refractivity contribution is 0.00578. The maximum atomic E-state index is 13.3. The average Bonchev–Trinajstić information content (AvgIpc) is 3.34. The molecule has 1 saturated heterocycles. The second kappa shape index (κ2) is 8.55. The van der Waals surface area contributed by atoms with Gasteiger partial charge in [-0.3, -0.25) is 0 Å². The molecular formula is C22H33BN4O4S. The van der Waals surface area contributed by atoms with Crippen molar-refractivity contribution in [3.63, 3.8) is 0 Å². The van der Waals surface area contributed by atoms with Gasteiger partial charge in [0.25, 0.3) is 0 Å². The standard InChI is InChI=1S/C22H33BN4O4S/c1-6-16-12-17(23-30-21(2,3)22(4,5)31-23)10-11-20(16)32(28,29)26-18-8-7-9-19(13-18)27-14-24-25-15-27/h10-12,14-15,18-19,26H,6-9,13H2,1-5H3. The lowest BCUT2D eigenvalue weighted by Gasteiger charge is -2.32. The van der Waals surface area contributed by atoms with Gasteiger partial charge in [0.05, 0.1) is 16.1 Å². The van der Waals surface area contributed by atoms with Gasteiger partial charge in [0.1, 0.15) is 12.7 Å². The first-order valence-electron chi connectivity index (χ1n) is 11.4. The highest BCUT2D eigenvalue weighted by molar-refractivity contribution is 7.89. The van der Waals surface area contributed by atoms with Gasteiger partial charge in [-0.1, -0.05) is 19.1 Å². The number of hydrogen-bond donors (Lipinski definition) is 1. The van der Waals surface area contributed by atoms with Crippen LogP contribution in [0.15, 0.2) is 35.7 Å². The lowest BCUT2D eigenvalue weighted by atomic mass is 9.78. The van der Waals surface area contributed by atoms with E-state index in [1.54, 1.807) is 24.8 Å². The van der Waals surface area contributed by atoms with Gasteiger partial charge in [0, 0.05) is 12.1 Å². The van der Waals surface area contributed by atoms with Crippen molar-refractivity contribution in [2.75, 3.05) is 0 Å². The largest absolute Gasteiger partial charge is 0.494 e. The Kier molecular flexibility index (Phi) is 6.26. The summed E-state index contributed by atoms with van der Waals surface area (Å²) in [6, 6.07) is 5.48. The Balaban J connectivity index is 1.52. The fraction of sp³-hybridized carbons (Fsp3) is 0.636. The van der Waals surface area contributed by atoms with Crippen LogP contribution in [0, 0.1) is 0 Å². The summed E-state index contributed by atoms with van der Waals surface area (Å²) in [6.45, 7) is 9.99. The van der Waals surface area contributed by atoms with Gasteiger partial charge in [0.2, 0.25) is 10.0 Å². The van der Waals surface area contributed by atoms with E-state index in [9.17, 15) is 8.42 Å². The summed E-state index contributed by atoms with van der Waals surface area (Å²) < 4.78 is 43.8. The van der Waals surface area contributed by atoms with Crippen LogP contribution < -0.4 is 10.2 Å². The minimum absolute atomic E-state index is 0.117. The number of aromatic nitrogens is 3. The molecule has 2 atom stereocenters. The first-order valence-corrected chi connectivity index (χ1v) is 12.9. The summed E-state index contributed by atoms with van der Waals surface area (Å²) in [4.78, 5) is 0.326. The number of hydrogen-bond acceptors (Lipinski definition) is 6. The summed E-state index contributed by atoms with van der Waals surface area (Å²) in [5, 5.41) is 7.76. The molecule has 2 unspecified atom stereocenters. The van der Waals surface area contributed by atoms with Crippen LogP contribution in [0.3, 0.4) is 0 Å². The van der Waals surface area contributed by atoms with Crippen LogP contribution in [0.1, 0.15) is 71.9 Å². The van der Waals surface area contributed by atoms with E-state index in [0.717, 1.165) is 36.7 Å². The van der Waals surface area contributed by atoms with Crippen LogP contribution in [-0.2, 0) is 25.8 Å². The van der Waals surface area contributed by atoms with Gasteiger partial charge in [-0.05, 0) is 76.9 Å². The smallest absolute Gasteiger partial charge is 0.399 e. The predicted octanol–water partition coefficient (Wildman–Crippen LogP) is 2.60. The van der Waals surface area contributed by atoms with E-state index in [0.29, 0.717) is 11.3 Å². The Bertz CT molecular complexity index is 1040. The van der Waals surface area contributed by atoms with Gasteiger partial charge < -0.3 is 13.9 Å². The molecular weight excluding hydrogens is 427 g/mol. The zero-order valence-electron chi connectivity index (χ0n) is 19.5. The minimum Gasteiger partial charge on any atom is -0.399 e. The lowest BCUT2D eigenvalue weighted by Crippen LogP contribution is -2.41. The van der Waals surface area contributed by atoms with Gasteiger partial charge in [-0.15, -0.1) is 10.2 Å². The normalized spacial score (nSPS) is 25.2. The van der Waals surface area contributed by atoms with Crippen molar-refractivity contribution in [1.29, 1.82) is 0 Å². The van der Waals surface area contributed by atoms with Crippen LogP contribution in [0.25, 0.3) is 0 Å². The van der Waals surface area contributed by atoms with E-state index >= 15 is 0 Å². The van der Waals surface area contributed by atoms with E-state index in [2.05, 4.69) is 14.9 Å². The fourth-order valence-corrected chi connectivity index (χ4v) is 6.06. The van der Waals surface area contributed by atoms with E-state index in [1.807, 2.05) is 45.3 Å². The van der Waals surface area contributed by atoms with Crippen molar-refractivity contribution in [3.05, 3.63) is 36.4 Å². The minimum atomic E-state index is -3.65. The molecule has 2 aliphatic rings. The van der Waals surface area contributed by atoms with E-state index in [-0.39, 0.29) is 12.1 Å². The Morgan fingerprint density at radius 1 is 1.12 bits per heavy atom. The molecule has 2 heterocycles. The second-order valence-electron chi connectivity index (χ2n) is 9.86. The summed E-state index contributed by atoms with van der Waals surface area (Å²) in [5.41, 5.74) is 0.706. The van der Waals surface area contributed by atoms with Crippen molar-refractivity contribution in [1.82, 2.24) is 19.5 Å². The molecule has 1 N–H and O–H groups in total. The molecule has 0 spiro atoms. The van der Waals surface area contributed by atoms with Crippen LogP contribution in [-0.4, -0.2) is 47.5 Å². The van der Waals surface area contributed by atoms with E-state index in [1.165, 1.54) is 0 Å². The van der Waals surface area contributed by atoms with Crippen LogP contribution in [0.2, 0.25) is 0 Å². The molecule has 1 aromatic heterocycles. The van der Waals surface area contributed by atoms with Crippen LogP contribution >= 0.6 is 0 Å². The number of benzene rings is 1. The van der Waals surface area contributed by atoms with Crippen molar-refractivity contribution in [3.8, 4) is 0 Å². The fourth-order valence-electron chi connectivity index (χ4n) is 4.49. The Hall–Kier alpha value is -1.75. The molecule has 0 radical (unpaired) electrons. The third-order valence-corrected chi connectivity index (χ3v) is 8.73. The van der Waals surface area contributed by atoms with Crippen LogP contribution in [0.4, 0.5) is 0 Å². The van der Waals surface area contributed by atoms with E-state index in [4.69, 9.17) is 9.31 Å². The highest BCUT2D eigenvalue weighted by Crippen LogP contribution is 2.36. The molecule has 10 heteroatoms. The van der Waals surface area contributed by atoms with Crippen LogP contribution in [0.5, 0.6) is 0 Å². The molecule has 0 bridgehead atoms. The number of aryl methyl sites for hydroxylation is 1. The first kappa shape index (κ1) is 23.4. The number of nitrogens with zero attached hydrogens (tertiary/aromatic N) is 3. The molecule has 174 valence electrons. The zero-order valence-corrected chi connectivity index (χ0v) is 20.4. The third kappa shape index (κ3) is 4.51. The molecule has 1 saturated carbocycles. The quantitative estimate of drug-likeness (QED) is 0.666. The number of sulfonamides is 1. The first-order chi connectivity index (χ1) is 15.0. The number of nitrogens with one attached hydrogen (secondary N) is 1. The van der Waals surface area contributed by atoms with Gasteiger partial charge in [0.15, 0.2) is 0 Å². The molecule has 32 heavy (non-hydrogen) atoms. The van der Waals surface area contributed by atoms with Crippen molar-refractivity contribution in [2.45, 2.75) is 94.9 Å². The summed E-state index contributed by atoms with van der Waals surface area (Å²) >= 11 is 0. The molecule has 1 aromatic carbocycles. The zero-order chi connectivity index (χ0) is 23.1. The Morgan fingerprint density at radius 2 is 1.78 bits per heavy atom. The van der Waals surface area contributed by atoms with E-state index < -0.39 is 28.3 Å². The Morgan fingerprint density at radius 3 is 2.41 bits per heavy atom. The topological polar surface area (TPSA) is 95.3 Å². The van der Waals surface area contributed by atoms with Gasteiger partial charge >= 0.3 is 7.12 Å². The predicted molar refractivity (Wildman–Crippen MR) is 123 cm³/mol. The van der Waals surface area contributed by atoms with Crippen molar-refractivity contribution < 1.29 is 17.7 Å². The SMILES string of the molecule is CCc1cc(B2OC(C)(C)C(C)(C)O2)ccc1S(=O)(=O)NC1CCCC(n2cnnc2)C1. The maximum Gasteiger partial charge on any atom is 0.494 e. The molecule has 1 aliphatic heterocycles. The average molecular weight is 460 g/mol. The monoisotopic (exact) mass is 460 g/mol. The number of rotatable bonds is 6. The molecule has 2 aromatic rings. The summed E-state index contributed by atoms with van der Waals surface area (Å²) in [6.07, 6.45) is 7.50. The van der Waals surface area contributed by atoms with Crippen molar-refractivity contribution >= 4 is 22.6 Å². The molecule has 1 aliphatic carbocycles. The molecule has 2 fully saturated rings. The highest BCUT2D eigenvalue weighted by atomic mass is 32.2.